The molecule has 0 aliphatic carbocycles. The Bertz CT molecular complexity index is 301. The average molecular weight is 491 g/mol. The van der Waals surface area contributed by atoms with Crippen LogP contribution in [0.3, 0.4) is 0 Å². The zero-order valence-corrected chi connectivity index (χ0v) is 14.8. The molecule has 0 aliphatic rings. The monoisotopic (exact) mass is 492 g/mol. The molecule has 0 heterocycles. The van der Waals surface area contributed by atoms with Crippen LogP contribution in [0.15, 0.2) is 50.6 Å². The van der Waals surface area contributed by atoms with Crippen LogP contribution in [0, 0.1) is 0 Å². The number of carbonyl (C=O) groups is 4. The zero-order valence-electron chi connectivity index (χ0n) is 10.9. The summed E-state index contributed by atoms with van der Waals surface area (Å²) in [6.07, 6.45) is 2.89. The first-order chi connectivity index (χ1) is 9.08. The van der Waals surface area contributed by atoms with Gasteiger partial charge in [0.15, 0.2) is 0 Å². The SMILES string of the molecule is C=CC(=O)[O-].C=CC(=O)[O-].C=CC(=O)[O-].C=CC(=O)[O-].[Pb]. The Labute approximate surface area is 141 Å². The summed E-state index contributed by atoms with van der Waals surface area (Å²) < 4.78 is 0. The number of rotatable bonds is 4. The van der Waals surface area contributed by atoms with Gasteiger partial charge in [-0.05, 0) is 24.3 Å². The van der Waals surface area contributed by atoms with Crippen molar-refractivity contribution in [2.75, 3.05) is 0 Å². The van der Waals surface area contributed by atoms with E-state index in [0.717, 1.165) is 24.3 Å². The minimum atomic E-state index is -1.23. The maximum absolute atomic E-state index is 9.14. The first-order valence-electron chi connectivity index (χ1n) is 4.42. The standard InChI is InChI=1S/4C3H4O2.Pb/c4*1-2-3(4)5;/h4*2H,1H2,(H,4,5);/p-4. The molecule has 116 valence electrons. The van der Waals surface area contributed by atoms with Gasteiger partial charge in [-0.15, -0.1) is 0 Å². The van der Waals surface area contributed by atoms with E-state index in [4.69, 9.17) is 39.6 Å². The molecule has 4 radical (unpaired) electrons. The quantitative estimate of drug-likeness (QED) is 0.280. The van der Waals surface area contributed by atoms with Gasteiger partial charge < -0.3 is 39.6 Å². The van der Waals surface area contributed by atoms with E-state index in [-0.39, 0.29) is 27.3 Å². The van der Waals surface area contributed by atoms with Gasteiger partial charge in [0, 0.05) is 27.3 Å². The summed E-state index contributed by atoms with van der Waals surface area (Å²) in [5.41, 5.74) is 0. The Kier molecular flexibility index (Phi) is 39.2. The molecule has 0 aliphatic heterocycles. The molecule has 0 fully saturated rings. The molecule has 9 heteroatoms. The van der Waals surface area contributed by atoms with Gasteiger partial charge in [-0.1, -0.05) is 26.3 Å². The maximum Gasteiger partial charge on any atom is 0.0636 e. The summed E-state index contributed by atoms with van der Waals surface area (Å²) in [6.45, 7) is 11.6. The molecule has 0 rings (SSSR count). The Morgan fingerprint density at radius 1 is 0.524 bits per heavy atom. The summed E-state index contributed by atoms with van der Waals surface area (Å²) in [6, 6.07) is 0. The molecule has 21 heavy (non-hydrogen) atoms. The first kappa shape index (κ1) is 31.3. The molecular weight excluding hydrogens is 479 g/mol. The number of carboxylic acid groups (broad SMARTS) is 4. The molecule has 0 amide bonds. The van der Waals surface area contributed by atoms with E-state index in [2.05, 4.69) is 26.3 Å². The molecule has 0 N–H and O–H groups in total. The van der Waals surface area contributed by atoms with E-state index >= 15 is 0 Å². The Hall–Kier alpha value is -2.24. The van der Waals surface area contributed by atoms with Crippen molar-refractivity contribution in [3.8, 4) is 0 Å². The summed E-state index contributed by atoms with van der Waals surface area (Å²) in [7, 11) is 0. The first-order valence-corrected chi connectivity index (χ1v) is 4.42. The minimum absolute atomic E-state index is 0. The molecule has 0 bridgehead atoms. The van der Waals surface area contributed by atoms with Gasteiger partial charge in [0.2, 0.25) is 0 Å². The van der Waals surface area contributed by atoms with Crippen LogP contribution in [0.25, 0.3) is 0 Å². The van der Waals surface area contributed by atoms with Crippen molar-refractivity contribution >= 4 is 51.2 Å². The van der Waals surface area contributed by atoms with Crippen LogP contribution in [-0.4, -0.2) is 51.2 Å². The summed E-state index contributed by atoms with van der Waals surface area (Å²) in [5, 5.41) is 36.6. The van der Waals surface area contributed by atoms with Gasteiger partial charge in [-0.3, -0.25) is 0 Å². The second kappa shape index (κ2) is 26.4. The predicted octanol–water partition coefficient (Wildman–Crippen LogP) is -4.69. The van der Waals surface area contributed by atoms with Crippen LogP contribution in [0.5, 0.6) is 0 Å². The molecule has 0 unspecified atom stereocenters. The minimum Gasteiger partial charge on any atom is -0.545 e. The van der Waals surface area contributed by atoms with Crippen molar-refractivity contribution < 1.29 is 39.6 Å². The van der Waals surface area contributed by atoms with E-state index in [1.54, 1.807) is 0 Å². The van der Waals surface area contributed by atoms with Gasteiger partial charge in [0.1, 0.15) is 0 Å². The fourth-order valence-electron chi connectivity index (χ4n) is 0. The summed E-state index contributed by atoms with van der Waals surface area (Å²) in [5.74, 6) is -4.93. The van der Waals surface area contributed by atoms with Crippen LogP contribution < -0.4 is 20.4 Å². The van der Waals surface area contributed by atoms with Crippen molar-refractivity contribution in [1.29, 1.82) is 0 Å². The molecule has 0 saturated carbocycles. The Morgan fingerprint density at radius 2 is 0.571 bits per heavy atom. The van der Waals surface area contributed by atoms with Crippen molar-refractivity contribution in [2.45, 2.75) is 0 Å². The smallest absolute Gasteiger partial charge is 0.0636 e. The summed E-state index contributed by atoms with van der Waals surface area (Å²) in [4.78, 5) is 36.6. The third kappa shape index (κ3) is 133. The van der Waals surface area contributed by atoms with E-state index in [1.807, 2.05) is 0 Å². The van der Waals surface area contributed by atoms with Crippen LogP contribution >= 0.6 is 0 Å². The van der Waals surface area contributed by atoms with Gasteiger partial charge in [0.25, 0.3) is 0 Å². The van der Waals surface area contributed by atoms with Crippen molar-refractivity contribution in [3.05, 3.63) is 50.6 Å². The average Bonchev–Trinajstić information content (AvgIpc) is 2.40. The zero-order chi connectivity index (χ0) is 17.1. The maximum atomic E-state index is 9.14. The molecule has 0 aromatic rings. The molecule has 0 atom stereocenters. The number of aliphatic carboxylic acids is 4. The molecule has 8 nitrogen and oxygen atoms in total. The third-order valence-corrected chi connectivity index (χ3v) is 0.667. The third-order valence-electron chi connectivity index (χ3n) is 0.667. The molecular formula is C12H12O8Pb-4. The number of hydrogen-bond acceptors (Lipinski definition) is 8. The largest absolute Gasteiger partial charge is 0.545 e. The van der Waals surface area contributed by atoms with Crippen LogP contribution in [0.4, 0.5) is 0 Å². The van der Waals surface area contributed by atoms with Gasteiger partial charge in [-0.25, -0.2) is 0 Å². The second-order valence-electron chi connectivity index (χ2n) is 2.09. The van der Waals surface area contributed by atoms with E-state index in [0.29, 0.717) is 0 Å². The van der Waals surface area contributed by atoms with Crippen molar-refractivity contribution in [3.63, 3.8) is 0 Å². The molecule has 0 spiro atoms. The van der Waals surface area contributed by atoms with Crippen LogP contribution in [-0.2, 0) is 19.2 Å². The van der Waals surface area contributed by atoms with E-state index in [1.165, 1.54) is 0 Å². The fourth-order valence-corrected chi connectivity index (χ4v) is 0. The topological polar surface area (TPSA) is 161 Å². The molecule has 0 aromatic heterocycles. The Balaban J connectivity index is -0.0000000533. The van der Waals surface area contributed by atoms with Crippen LogP contribution in [0.2, 0.25) is 0 Å². The van der Waals surface area contributed by atoms with E-state index in [9.17, 15) is 0 Å². The summed E-state index contributed by atoms with van der Waals surface area (Å²) >= 11 is 0. The fraction of sp³-hybridized carbons (Fsp3) is 0. The number of hydrogen-bond donors (Lipinski definition) is 0. The second-order valence-corrected chi connectivity index (χ2v) is 2.09. The van der Waals surface area contributed by atoms with Crippen molar-refractivity contribution in [1.82, 2.24) is 0 Å². The normalized spacial score (nSPS) is 6.10. The van der Waals surface area contributed by atoms with Crippen LogP contribution in [0.1, 0.15) is 0 Å². The van der Waals surface area contributed by atoms with E-state index < -0.39 is 23.9 Å². The van der Waals surface area contributed by atoms with Gasteiger partial charge in [0.05, 0.1) is 23.9 Å². The molecule has 0 aromatic carbocycles. The number of carboxylic acids is 4. The number of carbonyl (C=O) groups excluding carboxylic acids is 4. The Morgan fingerprint density at radius 3 is 0.571 bits per heavy atom. The molecule has 0 saturated heterocycles. The predicted molar refractivity (Wildman–Crippen MR) is 66.6 cm³/mol. The van der Waals surface area contributed by atoms with Gasteiger partial charge >= 0.3 is 0 Å². The van der Waals surface area contributed by atoms with Gasteiger partial charge in [-0.2, -0.15) is 0 Å². The van der Waals surface area contributed by atoms with Crippen molar-refractivity contribution in [2.24, 2.45) is 0 Å².